The molecule has 0 unspecified atom stereocenters. The number of benzene rings is 1. The minimum Gasteiger partial charge on any atom is -0.494 e. The minimum atomic E-state index is 0. The van der Waals surface area contributed by atoms with E-state index in [9.17, 15) is 0 Å². The molecule has 0 fully saturated rings. The Morgan fingerprint density at radius 1 is 1.36 bits per heavy atom. The van der Waals surface area contributed by atoms with Gasteiger partial charge in [0, 0.05) is 30.7 Å². The number of anilines is 1. The van der Waals surface area contributed by atoms with Gasteiger partial charge in [-0.1, -0.05) is 13.0 Å². The summed E-state index contributed by atoms with van der Waals surface area (Å²) in [6.45, 7) is 5.91. The van der Waals surface area contributed by atoms with Crippen molar-refractivity contribution in [3.63, 3.8) is 0 Å². The van der Waals surface area contributed by atoms with Gasteiger partial charge in [-0.3, -0.25) is 4.90 Å². The molecule has 0 atom stereocenters. The Kier molecular flexibility index (Phi) is 6.06. The van der Waals surface area contributed by atoms with Crippen LogP contribution in [0.3, 0.4) is 0 Å². The predicted molar refractivity (Wildman–Crippen MR) is 93.8 cm³/mol. The van der Waals surface area contributed by atoms with Gasteiger partial charge in [-0.05, 0) is 36.1 Å². The Labute approximate surface area is 141 Å². The molecule has 1 aliphatic heterocycles. The summed E-state index contributed by atoms with van der Waals surface area (Å²) in [5, 5.41) is 0.653. The summed E-state index contributed by atoms with van der Waals surface area (Å²) in [6, 6.07) is 6.49. The van der Waals surface area contributed by atoms with Gasteiger partial charge < -0.3 is 10.5 Å². The van der Waals surface area contributed by atoms with Crippen LogP contribution in [0.4, 0.5) is 5.13 Å². The van der Waals surface area contributed by atoms with Crippen LogP contribution in [-0.4, -0.2) is 23.0 Å². The summed E-state index contributed by atoms with van der Waals surface area (Å²) >= 11 is 1.58. The summed E-state index contributed by atoms with van der Waals surface area (Å²) in [5.74, 6) is 0.999. The summed E-state index contributed by atoms with van der Waals surface area (Å²) in [7, 11) is 0. The maximum absolute atomic E-state index is 5.71. The highest BCUT2D eigenvalue weighted by Crippen LogP contribution is 2.26. The molecule has 0 radical (unpaired) electrons. The van der Waals surface area contributed by atoms with Crippen LogP contribution in [0, 0.1) is 0 Å². The molecule has 3 rings (SSSR count). The third-order valence-corrected chi connectivity index (χ3v) is 4.50. The summed E-state index contributed by atoms with van der Waals surface area (Å²) in [4.78, 5) is 7.80. The van der Waals surface area contributed by atoms with Crippen molar-refractivity contribution in [1.82, 2.24) is 9.88 Å². The van der Waals surface area contributed by atoms with Crippen LogP contribution in [0.15, 0.2) is 24.4 Å². The molecule has 4 nitrogen and oxygen atoms in total. The molecule has 1 aliphatic rings. The molecule has 22 heavy (non-hydrogen) atoms. The number of fused-ring (bicyclic) bond motifs is 1. The van der Waals surface area contributed by atoms with Crippen LogP contribution in [0.5, 0.6) is 5.75 Å². The zero-order valence-corrected chi connectivity index (χ0v) is 14.4. The monoisotopic (exact) mass is 339 g/mol. The fourth-order valence-corrected chi connectivity index (χ4v) is 3.38. The number of hydrogen-bond acceptors (Lipinski definition) is 5. The maximum Gasteiger partial charge on any atom is 0.180 e. The Bertz CT molecular complexity index is 617. The third-order valence-electron chi connectivity index (χ3n) is 3.69. The van der Waals surface area contributed by atoms with E-state index in [1.807, 2.05) is 6.20 Å². The number of ether oxygens (including phenoxy) is 1. The van der Waals surface area contributed by atoms with Crippen LogP contribution < -0.4 is 10.5 Å². The maximum atomic E-state index is 5.71. The van der Waals surface area contributed by atoms with E-state index in [1.165, 1.54) is 16.0 Å². The van der Waals surface area contributed by atoms with Crippen LogP contribution in [0.2, 0.25) is 0 Å². The zero-order valence-electron chi connectivity index (χ0n) is 12.7. The average Bonchev–Trinajstić information content (AvgIpc) is 2.90. The SMILES string of the molecule is CCCOc1ccc2c(c1)CCN(Cc1cnc(N)s1)C2.Cl. The smallest absolute Gasteiger partial charge is 0.180 e. The highest BCUT2D eigenvalue weighted by atomic mass is 35.5. The number of nitrogens with zero attached hydrogens (tertiary/aromatic N) is 2. The number of thiazole rings is 1. The molecule has 6 heteroatoms. The Balaban J connectivity index is 0.00000176. The molecule has 0 saturated carbocycles. The lowest BCUT2D eigenvalue weighted by Gasteiger charge is -2.28. The summed E-state index contributed by atoms with van der Waals surface area (Å²) in [5.41, 5.74) is 8.52. The first kappa shape index (κ1) is 17.1. The Morgan fingerprint density at radius 3 is 2.95 bits per heavy atom. The van der Waals surface area contributed by atoms with Crippen molar-refractivity contribution >= 4 is 28.9 Å². The fraction of sp³-hybridized carbons (Fsp3) is 0.438. The number of nitrogens with two attached hydrogens (primary N) is 1. The number of hydrogen-bond donors (Lipinski definition) is 1. The van der Waals surface area contributed by atoms with Gasteiger partial charge in [-0.2, -0.15) is 0 Å². The highest BCUT2D eigenvalue weighted by molar-refractivity contribution is 7.15. The topological polar surface area (TPSA) is 51.4 Å². The van der Waals surface area contributed by atoms with E-state index in [4.69, 9.17) is 10.5 Å². The van der Waals surface area contributed by atoms with E-state index < -0.39 is 0 Å². The molecule has 2 aromatic rings. The van der Waals surface area contributed by atoms with Crippen molar-refractivity contribution in [1.29, 1.82) is 0 Å². The van der Waals surface area contributed by atoms with Gasteiger partial charge in [-0.25, -0.2) is 4.98 Å². The van der Waals surface area contributed by atoms with Gasteiger partial charge in [0.25, 0.3) is 0 Å². The Morgan fingerprint density at radius 2 is 2.23 bits per heavy atom. The third kappa shape index (κ3) is 4.12. The second-order valence-corrected chi connectivity index (χ2v) is 6.55. The lowest BCUT2D eigenvalue weighted by atomic mass is 9.99. The molecule has 0 amide bonds. The molecule has 0 spiro atoms. The van der Waals surface area contributed by atoms with Crippen LogP contribution in [0.25, 0.3) is 0 Å². The normalized spacial score (nSPS) is 14.2. The molecule has 2 N–H and O–H groups in total. The van der Waals surface area contributed by atoms with E-state index in [0.29, 0.717) is 5.13 Å². The number of aromatic nitrogens is 1. The van der Waals surface area contributed by atoms with Gasteiger partial charge in [0.15, 0.2) is 5.13 Å². The van der Waals surface area contributed by atoms with Gasteiger partial charge >= 0.3 is 0 Å². The first-order valence-electron chi connectivity index (χ1n) is 7.41. The molecular formula is C16H22ClN3OS. The standard InChI is InChI=1S/C16H21N3OS.ClH/c1-2-7-20-14-4-3-13-10-19(6-5-12(13)8-14)11-15-9-18-16(17)21-15;/h3-4,8-9H,2,5-7,10-11H2,1H3,(H2,17,18);1H. The van der Waals surface area contributed by atoms with Crippen molar-refractivity contribution in [2.45, 2.75) is 32.9 Å². The van der Waals surface area contributed by atoms with Crippen LogP contribution in [0.1, 0.15) is 29.3 Å². The van der Waals surface area contributed by atoms with E-state index in [2.05, 4.69) is 35.0 Å². The second kappa shape index (κ2) is 7.81. The quantitative estimate of drug-likeness (QED) is 0.905. The molecule has 0 aliphatic carbocycles. The number of rotatable bonds is 5. The largest absolute Gasteiger partial charge is 0.494 e. The molecule has 0 bridgehead atoms. The number of nitrogen functional groups attached to an aromatic ring is 1. The molecule has 120 valence electrons. The van der Waals surface area contributed by atoms with Crippen molar-refractivity contribution in [3.05, 3.63) is 40.4 Å². The minimum absolute atomic E-state index is 0. The van der Waals surface area contributed by atoms with Gasteiger partial charge in [0.1, 0.15) is 5.75 Å². The van der Waals surface area contributed by atoms with Crippen molar-refractivity contribution in [2.75, 3.05) is 18.9 Å². The predicted octanol–water partition coefficient (Wildman–Crippen LogP) is 3.49. The van der Waals surface area contributed by atoms with Crippen molar-refractivity contribution in [3.8, 4) is 5.75 Å². The second-order valence-electron chi connectivity index (χ2n) is 5.40. The first-order chi connectivity index (χ1) is 10.2. The molecule has 1 aromatic heterocycles. The van der Waals surface area contributed by atoms with E-state index >= 15 is 0 Å². The van der Waals surface area contributed by atoms with E-state index in [1.54, 1.807) is 11.3 Å². The lowest BCUT2D eigenvalue weighted by Crippen LogP contribution is -2.29. The highest BCUT2D eigenvalue weighted by Gasteiger charge is 2.17. The van der Waals surface area contributed by atoms with E-state index in [0.717, 1.165) is 44.8 Å². The van der Waals surface area contributed by atoms with E-state index in [-0.39, 0.29) is 12.4 Å². The molecule has 0 saturated heterocycles. The number of halogens is 1. The fourth-order valence-electron chi connectivity index (χ4n) is 2.65. The summed E-state index contributed by atoms with van der Waals surface area (Å²) < 4.78 is 5.71. The first-order valence-corrected chi connectivity index (χ1v) is 8.23. The van der Waals surface area contributed by atoms with Crippen LogP contribution in [-0.2, 0) is 19.5 Å². The average molecular weight is 340 g/mol. The van der Waals surface area contributed by atoms with Gasteiger partial charge in [0.05, 0.1) is 6.61 Å². The molecular weight excluding hydrogens is 318 g/mol. The van der Waals surface area contributed by atoms with Crippen LogP contribution >= 0.6 is 23.7 Å². The van der Waals surface area contributed by atoms with Gasteiger partial charge in [-0.15, -0.1) is 23.7 Å². The summed E-state index contributed by atoms with van der Waals surface area (Å²) in [6.07, 6.45) is 4.01. The lowest BCUT2D eigenvalue weighted by molar-refractivity contribution is 0.246. The molecule has 1 aromatic carbocycles. The van der Waals surface area contributed by atoms with Gasteiger partial charge in [0.2, 0.25) is 0 Å². The zero-order chi connectivity index (χ0) is 14.7. The van der Waals surface area contributed by atoms with Crippen molar-refractivity contribution < 1.29 is 4.74 Å². The Hall–Kier alpha value is -1.30. The molecule has 2 heterocycles. The van der Waals surface area contributed by atoms with Crippen molar-refractivity contribution in [2.24, 2.45) is 0 Å².